The van der Waals surface area contributed by atoms with E-state index in [1.807, 2.05) is 28.6 Å². The zero-order valence-electron chi connectivity index (χ0n) is 16.4. The molecule has 1 aromatic carbocycles. The highest BCUT2D eigenvalue weighted by Gasteiger charge is 2.43. The van der Waals surface area contributed by atoms with Crippen molar-refractivity contribution in [1.29, 1.82) is 0 Å². The summed E-state index contributed by atoms with van der Waals surface area (Å²) in [6.45, 7) is 3.64. The van der Waals surface area contributed by atoms with Gasteiger partial charge in [0.25, 0.3) is 0 Å². The van der Waals surface area contributed by atoms with Gasteiger partial charge in [-0.1, -0.05) is 30.3 Å². The van der Waals surface area contributed by atoms with Gasteiger partial charge in [0, 0.05) is 31.0 Å². The van der Waals surface area contributed by atoms with E-state index in [2.05, 4.69) is 17.0 Å². The molecule has 3 aliphatic rings. The number of hydrogen-bond donors (Lipinski definition) is 2. The van der Waals surface area contributed by atoms with Gasteiger partial charge in [-0.3, -0.25) is 14.8 Å². The van der Waals surface area contributed by atoms with Crippen LogP contribution in [-0.2, 0) is 9.59 Å². The lowest BCUT2D eigenvalue weighted by Gasteiger charge is -2.39. The Bertz CT molecular complexity index is 690. The third-order valence-electron chi connectivity index (χ3n) is 7.01. The average molecular weight is 386 g/mol. The predicted octanol–water partition coefficient (Wildman–Crippen LogP) is 2.39. The molecule has 152 valence electrons. The van der Waals surface area contributed by atoms with Crippen molar-refractivity contribution in [2.75, 3.05) is 26.2 Å². The SMILES string of the molecule is O=C(NO)C1CC(N2CCCC2)CCC1C(=O)N1CCC(c2ccccc2)C1. The molecule has 0 bridgehead atoms. The Labute approximate surface area is 166 Å². The van der Waals surface area contributed by atoms with Gasteiger partial charge in [0.05, 0.1) is 5.92 Å². The topological polar surface area (TPSA) is 72.9 Å². The molecular formula is C22H31N3O3. The fourth-order valence-electron chi connectivity index (χ4n) is 5.45. The molecule has 2 heterocycles. The van der Waals surface area contributed by atoms with Crippen molar-refractivity contribution in [3.63, 3.8) is 0 Å². The molecule has 2 aliphatic heterocycles. The van der Waals surface area contributed by atoms with E-state index in [1.54, 1.807) is 0 Å². The van der Waals surface area contributed by atoms with Crippen molar-refractivity contribution < 1.29 is 14.8 Å². The van der Waals surface area contributed by atoms with E-state index >= 15 is 0 Å². The first-order valence-corrected chi connectivity index (χ1v) is 10.7. The van der Waals surface area contributed by atoms with Gasteiger partial charge >= 0.3 is 0 Å². The highest BCUT2D eigenvalue weighted by atomic mass is 16.5. The molecular weight excluding hydrogens is 354 g/mol. The molecule has 0 radical (unpaired) electrons. The van der Waals surface area contributed by atoms with Gasteiger partial charge in [0.15, 0.2) is 0 Å². The van der Waals surface area contributed by atoms with Crippen molar-refractivity contribution in [2.45, 2.75) is 50.5 Å². The van der Waals surface area contributed by atoms with Crippen LogP contribution in [0.5, 0.6) is 0 Å². The lowest BCUT2D eigenvalue weighted by Crippen LogP contribution is -2.49. The molecule has 4 rings (SSSR count). The van der Waals surface area contributed by atoms with E-state index in [1.165, 1.54) is 18.4 Å². The van der Waals surface area contributed by atoms with Crippen LogP contribution in [0.4, 0.5) is 0 Å². The number of hydroxylamine groups is 1. The van der Waals surface area contributed by atoms with E-state index in [0.29, 0.717) is 18.4 Å². The van der Waals surface area contributed by atoms with Crippen LogP contribution < -0.4 is 5.48 Å². The summed E-state index contributed by atoms with van der Waals surface area (Å²) in [6.07, 6.45) is 5.75. The van der Waals surface area contributed by atoms with Gasteiger partial charge in [-0.25, -0.2) is 5.48 Å². The largest absolute Gasteiger partial charge is 0.342 e. The maximum atomic E-state index is 13.3. The molecule has 3 fully saturated rings. The summed E-state index contributed by atoms with van der Waals surface area (Å²) in [4.78, 5) is 30.1. The smallest absolute Gasteiger partial charge is 0.247 e. The summed E-state index contributed by atoms with van der Waals surface area (Å²) >= 11 is 0. The maximum absolute atomic E-state index is 13.3. The standard InChI is InChI=1S/C22H31N3O3/c26-21(23-28)20-14-18(24-11-4-5-12-24)8-9-19(20)22(27)25-13-10-17(15-25)16-6-2-1-3-7-16/h1-3,6-7,17-20,28H,4-5,8-15H2,(H,23,26). The van der Waals surface area contributed by atoms with Crippen molar-refractivity contribution in [1.82, 2.24) is 15.3 Å². The second-order valence-corrected chi connectivity index (χ2v) is 8.58. The molecule has 4 unspecified atom stereocenters. The molecule has 1 saturated carbocycles. The van der Waals surface area contributed by atoms with Crippen molar-refractivity contribution >= 4 is 11.8 Å². The minimum atomic E-state index is -0.437. The fourth-order valence-corrected chi connectivity index (χ4v) is 5.45. The number of rotatable bonds is 4. The number of nitrogens with zero attached hydrogens (tertiary/aromatic N) is 2. The van der Waals surface area contributed by atoms with Crippen LogP contribution in [0.2, 0.25) is 0 Å². The zero-order valence-corrected chi connectivity index (χ0v) is 16.4. The number of carbonyl (C=O) groups is 2. The molecule has 6 heteroatoms. The average Bonchev–Trinajstić information content (AvgIpc) is 3.45. The van der Waals surface area contributed by atoms with Gasteiger partial charge < -0.3 is 9.80 Å². The van der Waals surface area contributed by atoms with E-state index in [4.69, 9.17) is 0 Å². The molecule has 6 nitrogen and oxygen atoms in total. The van der Waals surface area contributed by atoms with Gasteiger partial charge in [-0.2, -0.15) is 0 Å². The number of nitrogens with one attached hydrogen (secondary N) is 1. The Morgan fingerprint density at radius 2 is 1.71 bits per heavy atom. The van der Waals surface area contributed by atoms with Crippen LogP contribution in [0.25, 0.3) is 0 Å². The molecule has 2 saturated heterocycles. The summed E-state index contributed by atoms with van der Waals surface area (Å²) in [5.74, 6) is -0.697. The first-order chi connectivity index (χ1) is 13.7. The summed E-state index contributed by atoms with van der Waals surface area (Å²) in [5, 5.41) is 9.26. The Balaban J connectivity index is 1.43. The minimum absolute atomic E-state index is 0.0897. The second-order valence-electron chi connectivity index (χ2n) is 8.58. The molecule has 0 aromatic heterocycles. The molecule has 2 amide bonds. The monoisotopic (exact) mass is 385 g/mol. The number of benzene rings is 1. The normalized spacial score (nSPS) is 31.1. The van der Waals surface area contributed by atoms with Gasteiger partial charge in [-0.15, -0.1) is 0 Å². The predicted molar refractivity (Wildman–Crippen MR) is 106 cm³/mol. The zero-order chi connectivity index (χ0) is 19.5. The van der Waals surface area contributed by atoms with E-state index < -0.39 is 11.8 Å². The number of likely N-dealkylation sites (tertiary alicyclic amines) is 2. The van der Waals surface area contributed by atoms with Crippen LogP contribution in [0, 0.1) is 11.8 Å². The molecule has 2 N–H and O–H groups in total. The van der Waals surface area contributed by atoms with E-state index in [0.717, 1.165) is 45.4 Å². The Morgan fingerprint density at radius 1 is 0.964 bits per heavy atom. The minimum Gasteiger partial charge on any atom is -0.342 e. The lowest BCUT2D eigenvalue weighted by molar-refractivity contribution is -0.147. The van der Waals surface area contributed by atoms with Gasteiger partial charge in [0.1, 0.15) is 0 Å². The Kier molecular flexibility index (Phi) is 5.97. The van der Waals surface area contributed by atoms with Crippen LogP contribution in [0.3, 0.4) is 0 Å². The molecule has 0 spiro atoms. The maximum Gasteiger partial charge on any atom is 0.247 e. The molecule has 4 atom stereocenters. The Morgan fingerprint density at radius 3 is 2.43 bits per heavy atom. The highest BCUT2D eigenvalue weighted by Crippen LogP contribution is 2.37. The van der Waals surface area contributed by atoms with Gasteiger partial charge in [-0.05, 0) is 57.2 Å². The molecule has 28 heavy (non-hydrogen) atoms. The summed E-state index contributed by atoms with van der Waals surface area (Å²) < 4.78 is 0. The highest BCUT2D eigenvalue weighted by molar-refractivity contribution is 5.87. The quantitative estimate of drug-likeness (QED) is 0.617. The van der Waals surface area contributed by atoms with Crippen molar-refractivity contribution in [3.8, 4) is 0 Å². The summed E-state index contributed by atoms with van der Waals surface area (Å²) in [5.41, 5.74) is 3.11. The molecule has 1 aromatic rings. The number of amides is 2. The molecule has 1 aliphatic carbocycles. The first kappa shape index (κ1) is 19.4. The van der Waals surface area contributed by atoms with Crippen LogP contribution >= 0.6 is 0 Å². The summed E-state index contributed by atoms with van der Waals surface area (Å²) in [7, 11) is 0. The summed E-state index contributed by atoms with van der Waals surface area (Å²) in [6, 6.07) is 10.7. The van der Waals surface area contributed by atoms with Crippen molar-refractivity contribution in [3.05, 3.63) is 35.9 Å². The van der Waals surface area contributed by atoms with Gasteiger partial charge in [0.2, 0.25) is 11.8 Å². The lowest BCUT2D eigenvalue weighted by atomic mass is 9.75. The Hall–Kier alpha value is -1.92. The second kappa shape index (κ2) is 8.62. The number of carbonyl (C=O) groups excluding carboxylic acids is 2. The van der Waals surface area contributed by atoms with E-state index in [9.17, 15) is 14.8 Å². The van der Waals surface area contributed by atoms with Crippen LogP contribution in [0.15, 0.2) is 30.3 Å². The van der Waals surface area contributed by atoms with Crippen molar-refractivity contribution in [2.24, 2.45) is 11.8 Å². The first-order valence-electron chi connectivity index (χ1n) is 10.7. The van der Waals surface area contributed by atoms with Crippen LogP contribution in [-0.4, -0.2) is 59.0 Å². The van der Waals surface area contributed by atoms with Crippen LogP contribution in [0.1, 0.15) is 50.0 Å². The fraction of sp³-hybridized carbons (Fsp3) is 0.636. The third-order valence-corrected chi connectivity index (χ3v) is 7.01. The van der Waals surface area contributed by atoms with E-state index in [-0.39, 0.29) is 11.8 Å². The third kappa shape index (κ3) is 3.94. The number of hydrogen-bond acceptors (Lipinski definition) is 4.